The quantitative estimate of drug-likeness (QED) is 0.467. The summed E-state index contributed by atoms with van der Waals surface area (Å²) in [4.78, 5) is 12.0. The molecule has 4 aromatic rings. The van der Waals surface area contributed by atoms with E-state index >= 15 is 0 Å². The molecule has 4 heteroatoms. The van der Waals surface area contributed by atoms with Gasteiger partial charge in [0, 0.05) is 17.3 Å². The van der Waals surface area contributed by atoms with E-state index in [0.717, 1.165) is 28.1 Å². The van der Waals surface area contributed by atoms with Gasteiger partial charge in [-0.2, -0.15) is 5.10 Å². The van der Waals surface area contributed by atoms with Crippen molar-refractivity contribution in [3.63, 3.8) is 0 Å². The molecule has 4 rings (SSSR count). The minimum absolute atomic E-state index is 0.228. The third-order valence-corrected chi connectivity index (χ3v) is 4.70. The number of para-hydroxylation sites is 1. The molecule has 0 bridgehead atoms. The van der Waals surface area contributed by atoms with Gasteiger partial charge >= 0.3 is 5.97 Å². The standard InChI is InChI=1S/C25H20N2O2/c1-18-12-14-20(15-13-18)24-21(17-27(26-24)22-10-6-3-7-11-22)16-23(25(28)29)19-8-4-2-5-9-19/h2-17H,1H3,(H,28,29)/b23-16-. The van der Waals surface area contributed by atoms with Crippen molar-refractivity contribution in [2.24, 2.45) is 0 Å². The van der Waals surface area contributed by atoms with E-state index in [1.165, 1.54) is 0 Å². The molecule has 1 heterocycles. The zero-order valence-corrected chi connectivity index (χ0v) is 16.0. The van der Waals surface area contributed by atoms with Gasteiger partial charge in [0.05, 0.1) is 17.0 Å². The molecule has 4 nitrogen and oxygen atoms in total. The topological polar surface area (TPSA) is 55.1 Å². The molecule has 3 aromatic carbocycles. The van der Waals surface area contributed by atoms with Crippen LogP contribution in [0.1, 0.15) is 16.7 Å². The average Bonchev–Trinajstić information content (AvgIpc) is 3.17. The van der Waals surface area contributed by atoms with E-state index in [-0.39, 0.29) is 5.57 Å². The smallest absolute Gasteiger partial charge is 0.336 e. The Hall–Kier alpha value is -3.92. The fourth-order valence-electron chi connectivity index (χ4n) is 3.18. The van der Waals surface area contributed by atoms with Crippen LogP contribution in [0, 0.1) is 6.92 Å². The average molecular weight is 380 g/mol. The zero-order valence-electron chi connectivity index (χ0n) is 16.0. The highest BCUT2D eigenvalue weighted by molar-refractivity contribution is 6.21. The van der Waals surface area contributed by atoms with E-state index in [0.29, 0.717) is 5.56 Å². The molecule has 0 unspecified atom stereocenters. The molecule has 0 aliphatic carbocycles. The second-order valence-corrected chi connectivity index (χ2v) is 6.81. The Morgan fingerprint density at radius 2 is 1.52 bits per heavy atom. The normalized spacial score (nSPS) is 11.4. The molecule has 0 aliphatic heterocycles. The van der Waals surface area contributed by atoms with Crippen LogP contribution in [0.5, 0.6) is 0 Å². The Balaban J connectivity index is 1.89. The van der Waals surface area contributed by atoms with E-state index in [1.807, 2.05) is 85.9 Å². The predicted molar refractivity (Wildman–Crippen MR) is 116 cm³/mol. The highest BCUT2D eigenvalue weighted by Crippen LogP contribution is 2.28. The summed E-state index contributed by atoms with van der Waals surface area (Å²) in [6, 6.07) is 27.0. The number of carbonyl (C=O) groups is 1. The second-order valence-electron chi connectivity index (χ2n) is 6.81. The van der Waals surface area contributed by atoms with Crippen LogP contribution >= 0.6 is 0 Å². The van der Waals surface area contributed by atoms with Crippen LogP contribution in [0.2, 0.25) is 0 Å². The Morgan fingerprint density at radius 3 is 2.14 bits per heavy atom. The zero-order chi connectivity index (χ0) is 20.2. The first-order chi connectivity index (χ1) is 14.1. The van der Waals surface area contributed by atoms with Crippen molar-refractivity contribution in [3.8, 4) is 16.9 Å². The van der Waals surface area contributed by atoms with Crippen LogP contribution < -0.4 is 0 Å². The van der Waals surface area contributed by atoms with Gasteiger partial charge in [0.15, 0.2) is 0 Å². The third-order valence-electron chi connectivity index (χ3n) is 4.70. The number of nitrogens with zero attached hydrogens (tertiary/aromatic N) is 2. The minimum Gasteiger partial charge on any atom is -0.478 e. The number of carboxylic acids is 1. The lowest BCUT2D eigenvalue weighted by atomic mass is 10.0. The molecular formula is C25H20N2O2. The molecule has 0 fully saturated rings. The van der Waals surface area contributed by atoms with E-state index in [1.54, 1.807) is 22.9 Å². The monoisotopic (exact) mass is 380 g/mol. The predicted octanol–water partition coefficient (Wildman–Crippen LogP) is 5.47. The molecule has 0 spiro atoms. The molecule has 0 saturated heterocycles. The first-order valence-electron chi connectivity index (χ1n) is 9.34. The number of rotatable bonds is 5. The van der Waals surface area contributed by atoms with E-state index in [2.05, 4.69) is 0 Å². The summed E-state index contributed by atoms with van der Waals surface area (Å²) in [5.74, 6) is -0.974. The third kappa shape index (κ3) is 4.01. The number of hydrogen-bond acceptors (Lipinski definition) is 2. The summed E-state index contributed by atoms with van der Waals surface area (Å²) in [6.07, 6.45) is 3.57. The van der Waals surface area contributed by atoms with Crippen LogP contribution in [0.4, 0.5) is 0 Å². The summed E-state index contributed by atoms with van der Waals surface area (Å²) in [7, 11) is 0. The highest BCUT2D eigenvalue weighted by Gasteiger charge is 2.15. The molecule has 0 amide bonds. The van der Waals surface area contributed by atoms with Gasteiger partial charge in [-0.3, -0.25) is 0 Å². The summed E-state index contributed by atoms with van der Waals surface area (Å²) < 4.78 is 1.78. The fraction of sp³-hybridized carbons (Fsp3) is 0.0400. The Morgan fingerprint density at radius 1 is 0.897 bits per heavy atom. The fourth-order valence-corrected chi connectivity index (χ4v) is 3.18. The van der Waals surface area contributed by atoms with Gasteiger partial charge in [0.1, 0.15) is 0 Å². The Labute approximate surface area is 169 Å². The summed E-state index contributed by atoms with van der Waals surface area (Å²) in [5.41, 5.74) is 5.38. The SMILES string of the molecule is Cc1ccc(-c2nn(-c3ccccc3)cc2/C=C(\C(=O)O)c2ccccc2)cc1. The molecule has 142 valence electrons. The number of benzene rings is 3. The van der Waals surface area contributed by atoms with Crippen molar-refractivity contribution in [1.29, 1.82) is 0 Å². The van der Waals surface area contributed by atoms with E-state index < -0.39 is 5.97 Å². The largest absolute Gasteiger partial charge is 0.478 e. The molecule has 1 aromatic heterocycles. The minimum atomic E-state index is -0.974. The first kappa shape index (κ1) is 18.4. The van der Waals surface area contributed by atoms with Gasteiger partial charge in [0.2, 0.25) is 0 Å². The van der Waals surface area contributed by atoms with Crippen LogP contribution in [0.3, 0.4) is 0 Å². The maximum atomic E-state index is 12.0. The number of hydrogen-bond donors (Lipinski definition) is 1. The molecule has 0 radical (unpaired) electrons. The lowest BCUT2D eigenvalue weighted by molar-refractivity contribution is -0.130. The van der Waals surface area contributed by atoms with Crippen molar-refractivity contribution in [1.82, 2.24) is 9.78 Å². The lowest BCUT2D eigenvalue weighted by Crippen LogP contribution is -1.99. The van der Waals surface area contributed by atoms with Crippen molar-refractivity contribution in [2.45, 2.75) is 6.92 Å². The van der Waals surface area contributed by atoms with Gasteiger partial charge in [0.25, 0.3) is 0 Å². The van der Waals surface area contributed by atoms with Crippen LogP contribution in [-0.4, -0.2) is 20.9 Å². The first-order valence-corrected chi connectivity index (χ1v) is 9.34. The highest BCUT2D eigenvalue weighted by atomic mass is 16.4. The molecule has 29 heavy (non-hydrogen) atoms. The number of carboxylic acid groups (broad SMARTS) is 1. The molecule has 0 aliphatic rings. The molecular weight excluding hydrogens is 360 g/mol. The van der Waals surface area contributed by atoms with Crippen molar-refractivity contribution in [3.05, 3.63) is 108 Å². The van der Waals surface area contributed by atoms with Crippen molar-refractivity contribution >= 4 is 17.6 Å². The van der Waals surface area contributed by atoms with Gasteiger partial charge in [-0.1, -0.05) is 78.4 Å². The van der Waals surface area contributed by atoms with E-state index in [9.17, 15) is 9.90 Å². The van der Waals surface area contributed by atoms with Crippen LogP contribution in [-0.2, 0) is 4.79 Å². The van der Waals surface area contributed by atoms with Gasteiger partial charge in [-0.15, -0.1) is 0 Å². The summed E-state index contributed by atoms with van der Waals surface area (Å²) in [6.45, 7) is 2.03. The van der Waals surface area contributed by atoms with Gasteiger partial charge in [-0.25, -0.2) is 9.48 Å². The number of aromatic nitrogens is 2. The molecule has 0 saturated carbocycles. The van der Waals surface area contributed by atoms with Crippen LogP contribution in [0.25, 0.3) is 28.6 Å². The Bertz CT molecular complexity index is 1160. The number of aryl methyl sites for hydroxylation is 1. The maximum Gasteiger partial charge on any atom is 0.336 e. The molecule has 1 N–H and O–H groups in total. The lowest BCUT2D eigenvalue weighted by Gasteiger charge is -2.04. The maximum absolute atomic E-state index is 12.0. The van der Waals surface area contributed by atoms with Crippen molar-refractivity contribution in [2.75, 3.05) is 0 Å². The molecule has 0 atom stereocenters. The Kier molecular flexibility index (Phi) is 5.08. The van der Waals surface area contributed by atoms with Gasteiger partial charge in [-0.05, 0) is 30.7 Å². The second kappa shape index (κ2) is 7.98. The summed E-state index contributed by atoms with van der Waals surface area (Å²) in [5, 5.41) is 14.6. The van der Waals surface area contributed by atoms with E-state index in [4.69, 9.17) is 5.10 Å². The van der Waals surface area contributed by atoms with Gasteiger partial charge < -0.3 is 5.11 Å². The number of aliphatic carboxylic acids is 1. The summed E-state index contributed by atoms with van der Waals surface area (Å²) >= 11 is 0. The van der Waals surface area contributed by atoms with Crippen molar-refractivity contribution < 1.29 is 9.90 Å². The van der Waals surface area contributed by atoms with Crippen LogP contribution in [0.15, 0.2) is 91.1 Å².